The zero-order chi connectivity index (χ0) is 21.7. The van der Waals surface area contributed by atoms with Crippen molar-refractivity contribution in [2.24, 2.45) is 4.99 Å². The van der Waals surface area contributed by atoms with Crippen LogP contribution in [0.1, 0.15) is 16.9 Å². The average molecular weight is 492 g/mol. The van der Waals surface area contributed by atoms with E-state index in [1.807, 2.05) is 36.4 Å². The number of esters is 1. The van der Waals surface area contributed by atoms with Crippen molar-refractivity contribution in [3.05, 3.63) is 87.9 Å². The number of carbonyl (C=O) groups excluding carboxylic acids is 1. The van der Waals surface area contributed by atoms with Crippen LogP contribution < -0.4 is 14.2 Å². The Balaban J connectivity index is 1.51. The van der Waals surface area contributed by atoms with Crippen LogP contribution in [0.25, 0.3) is 11.3 Å². The molecule has 0 radical (unpaired) electrons. The van der Waals surface area contributed by atoms with Crippen LogP contribution in [-0.2, 0) is 9.53 Å². The molecule has 3 aliphatic rings. The lowest BCUT2D eigenvalue weighted by molar-refractivity contribution is -0.130. The topological polar surface area (TPSA) is 79.5 Å². The molecule has 0 saturated heterocycles. The van der Waals surface area contributed by atoms with Crippen LogP contribution in [0.2, 0.25) is 0 Å². The Kier molecular flexibility index (Phi) is 4.39. The first-order valence-corrected chi connectivity index (χ1v) is 10.6. The molecule has 0 atom stereocenters. The Morgan fingerprint density at radius 2 is 1.75 bits per heavy atom. The molecule has 0 unspecified atom stereocenters. The van der Waals surface area contributed by atoms with E-state index in [-0.39, 0.29) is 11.6 Å². The van der Waals surface area contributed by atoms with E-state index in [4.69, 9.17) is 23.4 Å². The third-order valence-electron chi connectivity index (χ3n) is 5.14. The largest absolute Gasteiger partial charge is 0.486 e. The molecular weight excluding hydrogens is 478 g/mol. The van der Waals surface area contributed by atoms with Gasteiger partial charge < -0.3 is 23.4 Å². The predicted molar refractivity (Wildman–Crippen MR) is 118 cm³/mol. The van der Waals surface area contributed by atoms with Crippen molar-refractivity contribution in [3.63, 3.8) is 0 Å². The Morgan fingerprint density at radius 3 is 2.59 bits per heavy atom. The number of cyclic esters (lactones) is 1. The molecule has 0 saturated carbocycles. The minimum absolute atomic E-state index is 0.125. The van der Waals surface area contributed by atoms with Gasteiger partial charge in [-0.25, -0.2) is 9.79 Å². The smallest absolute Gasteiger partial charge is 0.364 e. The molecule has 4 heterocycles. The van der Waals surface area contributed by atoms with Gasteiger partial charge in [-0.2, -0.15) is 0 Å². The lowest BCUT2D eigenvalue weighted by atomic mass is 9.97. The van der Waals surface area contributed by atoms with Gasteiger partial charge in [-0.05, 0) is 54.6 Å². The molecule has 2 aromatic carbocycles. The summed E-state index contributed by atoms with van der Waals surface area (Å²) in [6, 6.07) is 14.6. The monoisotopic (exact) mass is 491 g/mol. The standard InChI is InChI=1S/C24H14BrNO6/c25-14-4-6-17-15(11-14)16(22-24(27)32-23(26-22)19-2-1-7-28-19)12-20(31-17)13-3-5-18-21(10-13)30-9-8-29-18/h1-7,10-12H,8-9H2/b22-16-. The Hall–Kier alpha value is -3.78. The first-order chi connectivity index (χ1) is 15.7. The highest BCUT2D eigenvalue weighted by molar-refractivity contribution is 9.10. The Bertz CT molecular complexity index is 1350. The van der Waals surface area contributed by atoms with E-state index in [1.54, 1.807) is 18.2 Å². The van der Waals surface area contributed by atoms with Gasteiger partial charge in [0.25, 0.3) is 5.90 Å². The van der Waals surface area contributed by atoms with Crippen LogP contribution in [0.15, 0.2) is 80.4 Å². The fourth-order valence-corrected chi connectivity index (χ4v) is 4.04. The van der Waals surface area contributed by atoms with Gasteiger partial charge in [-0.15, -0.1) is 0 Å². The molecule has 158 valence electrons. The summed E-state index contributed by atoms with van der Waals surface area (Å²) in [5.41, 5.74) is 2.26. The molecule has 6 rings (SSSR count). The molecule has 0 bridgehead atoms. The fourth-order valence-electron chi connectivity index (χ4n) is 3.68. The summed E-state index contributed by atoms with van der Waals surface area (Å²) in [4.78, 5) is 17.2. The summed E-state index contributed by atoms with van der Waals surface area (Å²) in [5, 5.41) is 0. The average Bonchev–Trinajstić information content (AvgIpc) is 3.48. The normalized spacial score (nSPS) is 19.0. The first-order valence-electron chi connectivity index (χ1n) is 9.84. The number of aliphatic imine (C=N–C) groups is 1. The summed E-state index contributed by atoms with van der Waals surface area (Å²) in [5.74, 6) is 2.42. The van der Waals surface area contributed by atoms with Gasteiger partial charge in [0.1, 0.15) is 24.7 Å². The molecule has 0 N–H and O–H groups in total. The second kappa shape index (κ2) is 7.42. The second-order valence-electron chi connectivity index (χ2n) is 7.16. The van der Waals surface area contributed by atoms with E-state index in [0.29, 0.717) is 47.6 Å². The highest BCUT2D eigenvalue weighted by Gasteiger charge is 2.32. The molecule has 1 aromatic heterocycles. The number of hydrogen-bond acceptors (Lipinski definition) is 7. The predicted octanol–water partition coefficient (Wildman–Crippen LogP) is 4.96. The maximum Gasteiger partial charge on any atom is 0.364 e. The molecule has 32 heavy (non-hydrogen) atoms. The molecule has 0 aliphatic carbocycles. The number of allylic oxidation sites excluding steroid dienone is 2. The molecule has 0 amide bonds. The number of furan rings is 1. The summed E-state index contributed by atoms with van der Waals surface area (Å²) >= 11 is 3.49. The van der Waals surface area contributed by atoms with Gasteiger partial charge in [0.05, 0.1) is 6.26 Å². The van der Waals surface area contributed by atoms with Crippen molar-refractivity contribution in [2.75, 3.05) is 13.2 Å². The van der Waals surface area contributed by atoms with Crippen molar-refractivity contribution in [1.82, 2.24) is 0 Å². The SMILES string of the molecule is O=C1OC(c2ccco2)=N/C1=C1/C=C(c2ccc3c(c2)OCCO3)Oc2ccc(Br)cc21. The van der Waals surface area contributed by atoms with Crippen LogP contribution in [0, 0.1) is 0 Å². The van der Waals surface area contributed by atoms with Crippen LogP contribution in [0.4, 0.5) is 0 Å². The van der Waals surface area contributed by atoms with Crippen molar-refractivity contribution in [1.29, 1.82) is 0 Å². The van der Waals surface area contributed by atoms with Crippen LogP contribution in [-0.4, -0.2) is 25.1 Å². The molecule has 7 nitrogen and oxygen atoms in total. The molecular formula is C24H14BrNO6. The molecule has 8 heteroatoms. The zero-order valence-electron chi connectivity index (χ0n) is 16.5. The van der Waals surface area contributed by atoms with E-state index in [9.17, 15) is 4.79 Å². The number of benzene rings is 2. The van der Waals surface area contributed by atoms with Crippen molar-refractivity contribution in [2.45, 2.75) is 0 Å². The van der Waals surface area contributed by atoms with Gasteiger partial charge in [-0.1, -0.05) is 15.9 Å². The first kappa shape index (κ1) is 18.9. The van der Waals surface area contributed by atoms with Crippen molar-refractivity contribution in [3.8, 4) is 17.2 Å². The lowest BCUT2D eigenvalue weighted by Crippen LogP contribution is -2.15. The number of nitrogens with zero attached hydrogens (tertiary/aromatic N) is 1. The van der Waals surface area contributed by atoms with Crippen molar-refractivity contribution >= 4 is 39.1 Å². The fraction of sp³-hybridized carbons (Fsp3) is 0.0833. The van der Waals surface area contributed by atoms with Gasteiger partial charge in [0, 0.05) is 21.2 Å². The van der Waals surface area contributed by atoms with E-state index >= 15 is 0 Å². The third kappa shape index (κ3) is 3.20. The number of hydrogen-bond donors (Lipinski definition) is 0. The van der Waals surface area contributed by atoms with Crippen LogP contribution >= 0.6 is 15.9 Å². The maximum absolute atomic E-state index is 12.8. The number of fused-ring (bicyclic) bond motifs is 2. The van der Waals surface area contributed by atoms with Gasteiger partial charge in [0.2, 0.25) is 0 Å². The van der Waals surface area contributed by atoms with Gasteiger partial charge in [-0.3, -0.25) is 0 Å². The van der Waals surface area contributed by atoms with E-state index in [1.165, 1.54) is 6.26 Å². The van der Waals surface area contributed by atoms with Crippen LogP contribution in [0.5, 0.6) is 17.2 Å². The molecule has 0 fully saturated rings. The Morgan fingerprint density at radius 1 is 0.906 bits per heavy atom. The highest BCUT2D eigenvalue weighted by Crippen LogP contribution is 2.42. The quantitative estimate of drug-likeness (QED) is 0.372. The third-order valence-corrected chi connectivity index (χ3v) is 5.63. The van der Waals surface area contributed by atoms with Crippen LogP contribution in [0.3, 0.4) is 0 Å². The molecule has 3 aromatic rings. The second-order valence-corrected chi connectivity index (χ2v) is 8.07. The van der Waals surface area contributed by atoms with E-state index in [2.05, 4.69) is 20.9 Å². The number of rotatable bonds is 2. The maximum atomic E-state index is 12.8. The van der Waals surface area contributed by atoms with Crippen molar-refractivity contribution < 1.29 is 28.2 Å². The zero-order valence-corrected chi connectivity index (χ0v) is 18.0. The number of halogens is 1. The number of carbonyl (C=O) groups is 1. The minimum atomic E-state index is -0.558. The summed E-state index contributed by atoms with van der Waals surface area (Å²) < 4.78 is 29.0. The van der Waals surface area contributed by atoms with Gasteiger partial charge >= 0.3 is 5.97 Å². The van der Waals surface area contributed by atoms with E-state index in [0.717, 1.165) is 15.6 Å². The minimum Gasteiger partial charge on any atom is -0.486 e. The summed E-state index contributed by atoms with van der Waals surface area (Å²) in [6.45, 7) is 1.00. The van der Waals surface area contributed by atoms with Gasteiger partial charge in [0.15, 0.2) is 23.0 Å². The summed E-state index contributed by atoms with van der Waals surface area (Å²) in [6.07, 6.45) is 3.28. The Labute approximate surface area is 190 Å². The van der Waals surface area contributed by atoms with E-state index < -0.39 is 5.97 Å². The highest BCUT2D eigenvalue weighted by atomic mass is 79.9. The number of ether oxygens (including phenoxy) is 4. The molecule has 3 aliphatic heterocycles. The molecule has 0 spiro atoms. The lowest BCUT2D eigenvalue weighted by Gasteiger charge is -2.23. The summed E-state index contributed by atoms with van der Waals surface area (Å²) in [7, 11) is 0.